The fourth-order valence-corrected chi connectivity index (χ4v) is 4.25. The number of hydrogen-bond donors (Lipinski definition) is 0. The minimum atomic E-state index is -0.365. The van der Waals surface area contributed by atoms with Crippen LogP contribution in [0.4, 0.5) is 0 Å². The number of allylic oxidation sites excluding steroid dienone is 1. The van der Waals surface area contributed by atoms with Gasteiger partial charge in [0.25, 0.3) is 0 Å². The van der Waals surface area contributed by atoms with Gasteiger partial charge in [-0.15, -0.1) is 0 Å². The SMILES string of the molecule is CC(C)=C1CC[C@]2(C)OC(=O)[C@H](Cc3ccccn3)[C@@]12C. The van der Waals surface area contributed by atoms with Crippen molar-refractivity contribution in [2.24, 2.45) is 11.3 Å². The Balaban J connectivity index is 2.03. The van der Waals surface area contributed by atoms with Crippen LogP contribution < -0.4 is 0 Å². The molecule has 0 radical (unpaired) electrons. The number of esters is 1. The monoisotopic (exact) mass is 285 g/mol. The van der Waals surface area contributed by atoms with Crippen LogP contribution in [0.5, 0.6) is 0 Å². The van der Waals surface area contributed by atoms with Crippen molar-refractivity contribution in [3.05, 3.63) is 41.2 Å². The van der Waals surface area contributed by atoms with E-state index in [1.807, 2.05) is 18.2 Å². The van der Waals surface area contributed by atoms with Crippen LogP contribution in [0.2, 0.25) is 0 Å². The van der Waals surface area contributed by atoms with Gasteiger partial charge < -0.3 is 4.74 Å². The minimum Gasteiger partial charge on any atom is -0.458 e. The maximum Gasteiger partial charge on any atom is 0.310 e. The van der Waals surface area contributed by atoms with Crippen molar-refractivity contribution >= 4 is 5.97 Å². The second-order valence-electron chi connectivity index (χ2n) is 6.91. The van der Waals surface area contributed by atoms with Gasteiger partial charge in [-0.25, -0.2) is 0 Å². The first-order valence-electron chi connectivity index (χ1n) is 7.68. The first kappa shape index (κ1) is 14.3. The largest absolute Gasteiger partial charge is 0.458 e. The molecule has 0 spiro atoms. The molecule has 0 N–H and O–H groups in total. The summed E-state index contributed by atoms with van der Waals surface area (Å²) in [5.41, 5.74) is 3.11. The molecule has 1 aliphatic carbocycles. The van der Waals surface area contributed by atoms with Crippen molar-refractivity contribution in [2.75, 3.05) is 0 Å². The highest BCUT2D eigenvalue weighted by molar-refractivity contribution is 5.79. The number of rotatable bonds is 2. The van der Waals surface area contributed by atoms with Gasteiger partial charge in [-0.05, 0) is 45.7 Å². The molecule has 0 unspecified atom stereocenters. The second kappa shape index (κ2) is 4.69. The molecule has 112 valence electrons. The molecule has 3 heteroatoms. The molecule has 3 nitrogen and oxygen atoms in total. The second-order valence-corrected chi connectivity index (χ2v) is 6.91. The van der Waals surface area contributed by atoms with Gasteiger partial charge in [0.1, 0.15) is 5.60 Å². The van der Waals surface area contributed by atoms with E-state index in [2.05, 4.69) is 32.7 Å². The molecular weight excluding hydrogens is 262 g/mol. The van der Waals surface area contributed by atoms with Crippen LogP contribution >= 0.6 is 0 Å². The van der Waals surface area contributed by atoms with Crippen LogP contribution in [0.3, 0.4) is 0 Å². The molecule has 1 saturated carbocycles. The van der Waals surface area contributed by atoms with E-state index in [1.165, 1.54) is 11.1 Å². The summed E-state index contributed by atoms with van der Waals surface area (Å²) >= 11 is 0. The van der Waals surface area contributed by atoms with E-state index in [0.29, 0.717) is 6.42 Å². The highest BCUT2D eigenvalue weighted by Gasteiger charge is 2.65. The molecule has 3 rings (SSSR count). The van der Waals surface area contributed by atoms with Gasteiger partial charge in [-0.2, -0.15) is 0 Å². The van der Waals surface area contributed by atoms with Gasteiger partial charge in [0.15, 0.2) is 0 Å². The molecule has 1 saturated heterocycles. The Labute approximate surface area is 126 Å². The van der Waals surface area contributed by atoms with Gasteiger partial charge in [0.2, 0.25) is 0 Å². The Morgan fingerprint density at radius 2 is 2.14 bits per heavy atom. The van der Waals surface area contributed by atoms with Crippen LogP contribution in [0.1, 0.15) is 46.2 Å². The number of pyridine rings is 1. The summed E-state index contributed by atoms with van der Waals surface area (Å²) in [5.74, 6) is -0.200. The predicted molar refractivity (Wildman–Crippen MR) is 81.6 cm³/mol. The van der Waals surface area contributed by atoms with E-state index in [-0.39, 0.29) is 22.9 Å². The Kier molecular flexibility index (Phi) is 3.19. The average molecular weight is 285 g/mol. The molecule has 0 aromatic carbocycles. The topological polar surface area (TPSA) is 39.2 Å². The van der Waals surface area contributed by atoms with E-state index < -0.39 is 0 Å². The molecule has 3 atom stereocenters. The maximum absolute atomic E-state index is 12.5. The summed E-state index contributed by atoms with van der Waals surface area (Å²) in [6.07, 6.45) is 4.39. The minimum absolute atomic E-state index is 0.0656. The van der Waals surface area contributed by atoms with Crippen LogP contribution in [0.25, 0.3) is 0 Å². The van der Waals surface area contributed by atoms with Gasteiger partial charge in [-0.1, -0.05) is 24.1 Å². The zero-order valence-electron chi connectivity index (χ0n) is 13.3. The smallest absolute Gasteiger partial charge is 0.310 e. The molecular formula is C18H23NO2. The molecule has 1 aliphatic heterocycles. The third-order valence-corrected chi connectivity index (χ3v) is 5.63. The van der Waals surface area contributed by atoms with Crippen LogP contribution in [-0.4, -0.2) is 16.6 Å². The zero-order valence-corrected chi connectivity index (χ0v) is 13.3. The lowest BCUT2D eigenvalue weighted by Gasteiger charge is -2.36. The first-order chi connectivity index (χ1) is 9.88. The van der Waals surface area contributed by atoms with E-state index in [9.17, 15) is 4.79 Å². The lowest BCUT2D eigenvalue weighted by Crippen LogP contribution is -2.40. The molecule has 2 heterocycles. The molecule has 2 fully saturated rings. The fraction of sp³-hybridized carbons (Fsp3) is 0.556. The number of nitrogens with zero attached hydrogens (tertiary/aromatic N) is 1. The summed E-state index contributed by atoms with van der Waals surface area (Å²) in [7, 11) is 0. The highest BCUT2D eigenvalue weighted by atomic mass is 16.6. The standard InChI is InChI=1S/C18H23NO2/c1-12(2)14-8-9-17(3)18(14,4)15(16(20)21-17)11-13-7-5-6-10-19-13/h5-7,10,15H,8-9,11H2,1-4H3/t15-,17-,18+/m0/s1. The third-order valence-electron chi connectivity index (χ3n) is 5.63. The van der Waals surface area contributed by atoms with Crippen molar-refractivity contribution < 1.29 is 9.53 Å². The van der Waals surface area contributed by atoms with E-state index in [0.717, 1.165) is 18.5 Å². The van der Waals surface area contributed by atoms with Gasteiger partial charge in [0.05, 0.1) is 5.92 Å². The molecule has 1 aromatic heterocycles. The molecule has 1 aromatic rings. The zero-order chi connectivity index (χ0) is 15.3. The molecule has 2 aliphatic rings. The van der Waals surface area contributed by atoms with Crippen molar-refractivity contribution in [3.63, 3.8) is 0 Å². The summed E-state index contributed by atoms with van der Waals surface area (Å²) in [5, 5.41) is 0. The maximum atomic E-state index is 12.5. The Bertz CT molecular complexity index is 603. The van der Waals surface area contributed by atoms with E-state index in [4.69, 9.17) is 4.74 Å². The quantitative estimate of drug-likeness (QED) is 0.614. The van der Waals surface area contributed by atoms with Crippen molar-refractivity contribution in [1.29, 1.82) is 0 Å². The average Bonchev–Trinajstić information content (AvgIpc) is 2.79. The highest BCUT2D eigenvalue weighted by Crippen LogP contribution is 2.62. The number of aromatic nitrogens is 1. The molecule has 21 heavy (non-hydrogen) atoms. The third kappa shape index (κ3) is 1.94. The number of hydrogen-bond acceptors (Lipinski definition) is 3. The van der Waals surface area contributed by atoms with Gasteiger partial charge in [-0.3, -0.25) is 9.78 Å². The Morgan fingerprint density at radius 3 is 2.76 bits per heavy atom. The van der Waals surface area contributed by atoms with Crippen molar-refractivity contribution in [3.8, 4) is 0 Å². The lowest BCUT2D eigenvalue weighted by molar-refractivity contribution is -0.150. The van der Waals surface area contributed by atoms with Crippen molar-refractivity contribution in [1.82, 2.24) is 4.98 Å². The Hall–Kier alpha value is -1.64. The van der Waals surface area contributed by atoms with Crippen LogP contribution in [0, 0.1) is 11.3 Å². The van der Waals surface area contributed by atoms with Gasteiger partial charge >= 0.3 is 5.97 Å². The van der Waals surface area contributed by atoms with Crippen LogP contribution in [-0.2, 0) is 16.0 Å². The van der Waals surface area contributed by atoms with Gasteiger partial charge in [0, 0.05) is 23.7 Å². The summed E-state index contributed by atoms with van der Waals surface area (Å²) in [6, 6.07) is 5.86. The van der Waals surface area contributed by atoms with E-state index >= 15 is 0 Å². The molecule has 0 amide bonds. The normalized spacial score (nSPS) is 34.8. The van der Waals surface area contributed by atoms with E-state index in [1.54, 1.807) is 6.20 Å². The van der Waals surface area contributed by atoms with Crippen LogP contribution in [0.15, 0.2) is 35.5 Å². The number of carbonyl (C=O) groups excluding carboxylic acids is 1. The predicted octanol–water partition coefficient (Wildman–Crippen LogP) is 3.69. The number of ether oxygens (including phenoxy) is 1. The first-order valence-corrected chi connectivity index (χ1v) is 7.68. The summed E-state index contributed by atoms with van der Waals surface area (Å²) in [6.45, 7) is 8.60. The molecule has 0 bridgehead atoms. The summed E-state index contributed by atoms with van der Waals surface area (Å²) < 4.78 is 5.84. The fourth-order valence-electron chi connectivity index (χ4n) is 4.25. The number of carbonyl (C=O) groups is 1. The Morgan fingerprint density at radius 1 is 1.38 bits per heavy atom. The van der Waals surface area contributed by atoms with Crippen molar-refractivity contribution in [2.45, 2.75) is 52.6 Å². The lowest BCUT2D eigenvalue weighted by atomic mass is 9.65. The number of fused-ring (bicyclic) bond motifs is 1. The summed E-state index contributed by atoms with van der Waals surface area (Å²) in [4.78, 5) is 16.9.